The molecule has 0 saturated heterocycles. The summed E-state index contributed by atoms with van der Waals surface area (Å²) in [4.78, 5) is 22.6. The fourth-order valence-corrected chi connectivity index (χ4v) is 2.32. The third kappa shape index (κ3) is 2.83. The van der Waals surface area contributed by atoms with Crippen LogP contribution in [0.5, 0.6) is 0 Å². The molecule has 0 aliphatic heterocycles. The van der Waals surface area contributed by atoms with Crippen LogP contribution in [-0.2, 0) is 17.9 Å². The Morgan fingerprint density at radius 3 is 2.50 bits per heavy atom. The Morgan fingerprint density at radius 2 is 2.00 bits per heavy atom. The highest BCUT2D eigenvalue weighted by Gasteiger charge is 2.23. The Morgan fingerprint density at radius 1 is 1.32 bits per heavy atom. The molecule has 0 radical (unpaired) electrons. The molecular weight excluding hydrogens is 288 g/mol. The van der Waals surface area contributed by atoms with Crippen molar-refractivity contribution < 1.29 is 9.72 Å². The number of carbonyl (C=O) groups excluding carboxylic acids is 1. The fraction of sp³-hybridized carbons (Fsp3) is 0.462. The molecule has 0 saturated carbocycles. The van der Waals surface area contributed by atoms with Gasteiger partial charge in [-0.2, -0.15) is 10.2 Å². The van der Waals surface area contributed by atoms with Gasteiger partial charge in [-0.1, -0.05) is 0 Å². The van der Waals surface area contributed by atoms with E-state index in [-0.39, 0.29) is 18.1 Å². The Kier molecular flexibility index (Phi) is 4.25. The van der Waals surface area contributed by atoms with Gasteiger partial charge in [-0.3, -0.25) is 24.3 Å². The van der Waals surface area contributed by atoms with E-state index < -0.39 is 4.92 Å². The lowest BCUT2D eigenvalue weighted by atomic mass is 10.3. The maximum absolute atomic E-state index is 12.1. The summed E-state index contributed by atoms with van der Waals surface area (Å²) in [5.41, 5.74) is 2.09. The maximum atomic E-state index is 12.1. The zero-order valence-electron chi connectivity index (χ0n) is 13.0. The number of nitrogens with one attached hydrogen (secondary N) is 1. The van der Waals surface area contributed by atoms with Crippen LogP contribution in [0.3, 0.4) is 0 Å². The van der Waals surface area contributed by atoms with Crippen molar-refractivity contribution >= 4 is 17.3 Å². The van der Waals surface area contributed by atoms with Gasteiger partial charge < -0.3 is 5.32 Å². The van der Waals surface area contributed by atoms with E-state index in [1.54, 1.807) is 24.7 Å². The highest BCUT2D eigenvalue weighted by atomic mass is 16.6. The molecule has 1 amide bonds. The molecule has 0 aliphatic carbocycles. The first-order valence-electron chi connectivity index (χ1n) is 6.85. The number of rotatable bonds is 5. The molecule has 0 bridgehead atoms. The van der Waals surface area contributed by atoms with E-state index >= 15 is 0 Å². The minimum atomic E-state index is -0.485. The van der Waals surface area contributed by atoms with E-state index in [1.807, 2.05) is 13.8 Å². The molecule has 0 aliphatic rings. The molecule has 2 heterocycles. The van der Waals surface area contributed by atoms with Crippen molar-refractivity contribution in [1.82, 2.24) is 19.6 Å². The summed E-state index contributed by atoms with van der Waals surface area (Å²) >= 11 is 0. The highest BCUT2D eigenvalue weighted by molar-refractivity contribution is 5.91. The molecule has 9 nitrogen and oxygen atoms in total. The minimum absolute atomic E-state index is 0.0530. The van der Waals surface area contributed by atoms with Crippen molar-refractivity contribution in [1.29, 1.82) is 0 Å². The molecule has 0 unspecified atom stereocenters. The van der Waals surface area contributed by atoms with Crippen LogP contribution >= 0.6 is 0 Å². The van der Waals surface area contributed by atoms with Gasteiger partial charge in [-0.15, -0.1) is 0 Å². The third-order valence-corrected chi connectivity index (χ3v) is 3.50. The predicted molar refractivity (Wildman–Crippen MR) is 79.6 cm³/mol. The molecule has 118 valence electrons. The van der Waals surface area contributed by atoms with Gasteiger partial charge in [-0.25, -0.2) is 0 Å². The number of hydrogen-bond donors (Lipinski definition) is 1. The Bertz CT molecular complexity index is 730. The van der Waals surface area contributed by atoms with Crippen molar-refractivity contribution in [2.45, 2.75) is 40.8 Å². The van der Waals surface area contributed by atoms with Crippen molar-refractivity contribution in [3.8, 4) is 0 Å². The summed E-state index contributed by atoms with van der Waals surface area (Å²) in [5, 5.41) is 21.9. The van der Waals surface area contributed by atoms with Gasteiger partial charge in [0.25, 0.3) is 0 Å². The quantitative estimate of drug-likeness (QED) is 0.666. The largest absolute Gasteiger partial charge is 0.322 e. The van der Waals surface area contributed by atoms with E-state index in [0.717, 1.165) is 5.69 Å². The van der Waals surface area contributed by atoms with Crippen molar-refractivity contribution in [3.63, 3.8) is 0 Å². The number of nitrogens with zero attached hydrogens (tertiary/aromatic N) is 5. The van der Waals surface area contributed by atoms with Crippen LogP contribution in [0.4, 0.5) is 11.4 Å². The lowest BCUT2D eigenvalue weighted by molar-refractivity contribution is -0.386. The SMILES string of the molecule is CCn1ncc(NC(=O)Cn2nc(C)c([N+](=O)[O-])c2C)c1C. The number of anilines is 1. The number of amides is 1. The molecule has 2 aromatic rings. The van der Waals surface area contributed by atoms with E-state index in [2.05, 4.69) is 15.5 Å². The topological polar surface area (TPSA) is 108 Å². The number of nitro groups is 1. The second kappa shape index (κ2) is 5.96. The van der Waals surface area contributed by atoms with Gasteiger partial charge in [0, 0.05) is 6.54 Å². The number of carbonyl (C=O) groups is 1. The zero-order chi connectivity index (χ0) is 16.4. The van der Waals surface area contributed by atoms with Gasteiger partial charge >= 0.3 is 5.69 Å². The Hall–Kier alpha value is -2.71. The second-order valence-electron chi connectivity index (χ2n) is 4.94. The first kappa shape index (κ1) is 15.7. The summed E-state index contributed by atoms with van der Waals surface area (Å²) in [6.07, 6.45) is 1.58. The number of hydrogen-bond acceptors (Lipinski definition) is 5. The van der Waals surface area contributed by atoms with Crippen LogP contribution in [0.25, 0.3) is 0 Å². The van der Waals surface area contributed by atoms with Crippen LogP contribution < -0.4 is 5.32 Å². The van der Waals surface area contributed by atoms with Crippen molar-refractivity contribution in [2.75, 3.05) is 5.32 Å². The van der Waals surface area contributed by atoms with E-state index in [1.165, 1.54) is 4.68 Å². The molecule has 0 atom stereocenters. The van der Waals surface area contributed by atoms with Crippen molar-refractivity contribution in [3.05, 3.63) is 33.4 Å². The molecule has 9 heteroatoms. The summed E-state index contributed by atoms with van der Waals surface area (Å²) < 4.78 is 3.10. The first-order chi connectivity index (χ1) is 10.3. The van der Waals surface area contributed by atoms with Crippen LogP contribution in [0.2, 0.25) is 0 Å². The summed E-state index contributed by atoms with van der Waals surface area (Å²) in [7, 11) is 0. The van der Waals surface area contributed by atoms with Gasteiger partial charge in [0.2, 0.25) is 5.91 Å². The highest BCUT2D eigenvalue weighted by Crippen LogP contribution is 2.21. The van der Waals surface area contributed by atoms with Gasteiger partial charge in [0.1, 0.15) is 17.9 Å². The normalized spacial score (nSPS) is 10.7. The lowest BCUT2D eigenvalue weighted by Gasteiger charge is -2.06. The third-order valence-electron chi connectivity index (χ3n) is 3.50. The van der Waals surface area contributed by atoms with Gasteiger partial charge in [-0.05, 0) is 27.7 Å². The summed E-state index contributed by atoms with van der Waals surface area (Å²) in [5.74, 6) is -0.306. The summed E-state index contributed by atoms with van der Waals surface area (Å²) in [6, 6.07) is 0. The second-order valence-corrected chi connectivity index (χ2v) is 4.94. The minimum Gasteiger partial charge on any atom is -0.322 e. The fourth-order valence-electron chi connectivity index (χ4n) is 2.32. The predicted octanol–water partition coefficient (Wildman–Crippen LogP) is 1.57. The average molecular weight is 306 g/mol. The smallest absolute Gasteiger partial charge is 0.312 e. The van der Waals surface area contributed by atoms with Crippen LogP contribution in [0.15, 0.2) is 6.20 Å². The monoisotopic (exact) mass is 306 g/mol. The maximum Gasteiger partial charge on any atom is 0.312 e. The van der Waals surface area contributed by atoms with E-state index in [9.17, 15) is 14.9 Å². The van der Waals surface area contributed by atoms with Crippen LogP contribution in [0, 0.1) is 30.9 Å². The molecule has 0 spiro atoms. The van der Waals surface area contributed by atoms with Crippen LogP contribution in [0.1, 0.15) is 24.0 Å². The lowest BCUT2D eigenvalue weighted by Crippen LogP contribution is -2.20. The number of aryl methyl sites for hydroxylation is 2. The van der Waals surface area contributed by atoms with Crippen LogP contribution in [-0.4, -0.2) is 30.4 Å². The van der Waals surface area contributed by atoms with E-state index in [4.69, 9.17) is 0 Å². The number of aromatic nitrogens is 4. The Balaban J connectivity index is 2.14. The zero-order valence-corrected chi connectivity index (χ0v) is 13.0. The molecule has 22 heavy (non-hydrogen) atoms. The molecule has 0 fully saturated rings. The first-order valence-corrected chi connectivity index (χ1v) is 6.85. The molecular formula is C13H18N6O3. The van der Waals surface area contributed by atoms with Gasteiger partial charge in [0.15, 0.2) is 0 Å². The van der Waals surface area contributed by atoms with E-state index in [0.29, 0.717) is 23.6 Å². The van der Waals surface area contributed by atoms with Crippen molar-refractivity contribution in [2.24, 2.45) is 0 Å². The molecule has 1 N–H and O–H groups in total. The standard InChI is InChI=1S/C13H18N6O3/c1-5-17-9(3)11(6-14-17)15-12(20)7-18-10(4)13(19(21)22)8(2)16-18/h6H,5,7H2,1-4H3,(H,15,20). The Labute approximate surface area is 127 Å². The molecule has 0 aromatic carbocycles. The average Bonchev–Trinajstić information content (AvgIpc) is 2.91. The molecule has 2 rings (SSSR count). The molecule has 2 aromatic heterocycles. The summed E-state index contributed by atoms with van der Waals surface area (Å²) in [6.45, 7) is 7.57. The van der Waals surface area contributed by atoms with Gasteiger partial charge in [0.05, 0.1) is 22.5 Å².